The fourth-order valence-electron chi connectivity index (χ4n) is 2.27. The molecule has 0 aromatic rings. The standard InChI is InChI=1S/C14H26N2OS/c1-12(16-11-13(2,3)18-4)9-14(10-15)5-7-17-8-6-14/h12,16H,5-9,11H2,1-4H3. The fraction of sp³-hybridized carbons (Fsp3) is 0.929. The molecular formula is C14H26N2OS. The van der Waals surface area contributed by atoms with E-state index in [1.54, 1.807) is 0 Å². The van der Waals surface area contributed by atoms with E-state index in [0.29, 0.717) is 6.04 Å². The van der Waals surface area contributed by atoms with Crippen LogP contribution in [-0.2, 0) is 4.74 Å². The lowest BCUT2D eigenvalue weighted by Crippen LogP contribution is -2.41. The van der Waals surface area contributed by atoms with E-state index in [1.165, 1.54) is 0 Å². The van der Waals surface area contributed by atoms with Gasteiger partial charge in [-0.1, -0.05) is 0 Å². The summed E-state index contributed by atoms with van der Waals surface area (Å²) in [4.78, 5) is 0. The third kappa shape index (κ3) is 4.79. The number of thioether (sulfide) groups is 1. The number of hydrogen-bond acceptors (Lipinski definition) is 4. The van der Waals surface area contributed by atoms with E-state index in [0.717, 1.165) is 39.0 Å². The molecular weight excluding hydrogens is 244 g/mol. The number of nitriles is 1. The van der Waals surface area contributed by atoms with Crippen molar-refractivity contribution in [3.05, 3.63) is 0 Å². The quantitative estimate of drug-likeness (QED) is 0.806. The molecule has 0 bridgehead atoms. The average molecular weight is 270 g/mol. The second-order valence-electron chi connectivity index (χ2n) is 5.95. The van der Waals surface area contributed by atoms with E-state index in [9.17, 15) is 5.26 Å². The van der Waals surface area contributed by atoms with Gasteiger partial charge in [-0.05, 0) is 46.3 Å². The molecule has 1 aliphatic rings. The van der Waals surface area contributed by atoms with Gasteiger partial charge < -0.3 is 10.1 Å². The van der Waals surface area contributed by atoms with E-state index in [2.05, 4.69) is 38.4 Å². The average Bonchev–Trinajstić information content (AvgIpc) is 2.38. The van der Waals surface area contributed by atoms with Crippen LogP contribution in [0.5, 0.6) is 0 Å². The van der Waals surface area contributed by atoms with E-state index >= 15 is 0 Å². The van der Waals surface area contributed by atoms with Crippen molar-refractivity contribution in [2.45, 2.75) is 50.8 Å². The highest BCUT2D eigenvalue weighted by Crippen LogP contribution is 2.34. The van der Waals surface area contributed by atoms with Crippen molar-refractivity contribution in [3.8, 4) is 6.07 Å². The van der Waals surface area contributed by atoms with Crippen molar-refractivity contribution >= 4 is 11.8 Å². The van der Waals surface area contributed by atoms with Gasteiger partial charge in [0.2, 0.25) is 0 Å². The maximum absolute atomic E-state index is 9.43. The molecule has 1 rings (SSSR count). The van der Waals surface area contributed by atoms with Gasteiger partial charge in [-0.25, -0.2) is 0 Å². The van der Waals surface area contributed by atoms with Crippen LogP contribution in [0.15, 0.2) is 0 Å². The number of ether oxygens (including phenoxy) is 1. The zero-order valence-corrected chi connectivity index (χ0v) is 12.9. The normalized spacial score (nSPS) is 21.3. The Morgan fingerprint density at radius 2 is 2.06 bits per heavy atom. The molecule has 18 heavy (non-hydrogen) atoms. The summed E-state index contributed by atoms with van der Waals surface area (Å²) in [6.07, 6.45) is 4.82. The Morgan fingerprint density at radius 1 is 1.44 bits per heavy atom. The highest BCUT2D eigenvalue weighted by molar-refractivity contribution is 7.99. The molecule has 104 valence electrons. The van der Waals surface area contributed by atoms with Crippen molar-refractivity contribution in [2.75, 3.05) is 26.0 Å². The molecule has 1 saturated heterocycles. The molecule has 1 fully saturated rings. The minimum Gasteiger partial charge on any atom is -0.381 e. The molecule has 1 heterocycles. The molecule has 1 N–H and O–H groups in total. The van der Waals surface area contributed by atoms with Gasteiger partial charge in [0.05, 0.1) is 11.5 Å². The highest BCUT2D eigenvalue weighted by atomic mass is 32.2. The van der Waals surface area contributed by atoms with Crippen LogP contribution >= 0.6 is 11.8 Å². The fourth-order valence-corrected chi connectivity index (χ4v) is 2.50. The summed E-state index contributed by atoms with van der Waals surface area (Å²) in [5, 5.41) is 13.0. The van der Waals surface area contributed by atoms with Crippen LogP contribution in [0.1, 0.15) is 40.0 Å². The lowest BCUT2D eigenvalue weighted by molar-refractivity contribution is 0.0333. The van der Waals surface area contributed by atoms with Gasteiger partial charge in [-0.15, -0.1) is 0 Å². The molecule has 1 aliphatic heterocycles. The van der Waals surface area contributed by atoms with Gasteiger partial charge >= 0.3 is 0 Å². The highest BCUT2D eigenvalue weighted by Gasteiger charge is 2.34. The Morgan fingerprint density at radius 3 is 2.56 bits per heavy atom. The summed E-state index contributed by atoms with van der Waals surface area (Å²) in [7, 11) is 0. The van der Waals surface area contributed by atoms with Crippen molar-refractivity contribution in [1.82, 2.24) is 5.32 Å². The first-order valence-corrected chi connectivity index (χ1v) is 7.93. The second kappa shape index (κ2) is 6.79. The van der Waals surface area contributed by atoms with Gasteiger partial charge in [-0.2, -0.15) is 17.0 Å². The Bertz CT molecular complexity index is 293. The molecule has 1 atom stereocenters. The van der Waals surface area contributed by atoms with Gasteiger partial charge in [0.25, 0.3) is 0 Å². The monoisotopic (exact) mass is 270 g/mol. The van der Waals surface area contributed by atoms with Gasteiger partial charge in [0, 0.05) is 30.5 Å². The molecule has 0 amide bonds. The minimum atomic E-state index is -0.172. The third-order valence-corrected chi connectivity index (χ3v) is 5.06. The molecule has 3 nitrogen and oxygen atoms in total. The minimum absolute atomic E-state index is 0.172. The molecule has 0 spiro atoms. The molecule has 0 saturated carbocycles. The Kier molecular flexibility index (Phi) is 5.97. The first-order valence-electron chi connectivity index (χ1n) is 6.71. The van der Waals surface area contributed by atoms with Crippen LogP contribution < -0.4 is 5.32 Å². The first kappa shape index (κ1) is 15.8. The number of rotatable bonds is 6. The lowest BCUT2D eigenvalue weighted by Gasteiger charge is -2.34. The zero-order valence-electron chi connectivity index (χ0n) is 12.1. The Labute approximate surface area is 116 Å². The molecule has 0 aromatic carbocycles. The molecule has 0 aromatic heterocycles. The maximum atomic E-state index is 9.43. The van der Waals surface area contributed by atoms with Gasteiger partial charge in [-0.3, -0.25) is 0 Å². The van der Waals surface area contributed by atoms with E-state index < -0.39 is 0 Å². The molecule has 4 heteroatoms. The van der Waals surface area contributed by atoms with Crippen LogP contribution in [0.3, 0.4) is 0 Å². The largest absolute Gasteiger partial charge is 0.381 e. The van der Waals surface area contributed by atoms with Crippen molar-refractivity contribution in [2.24, 2.45) is 5.41 Å². The smallest absolute Gasteiger partial charge is 0.0692 e. The predicted molar refractivity (Wildman–Crippen MR) is 77.8 cm³/mol. The summed E-state index contributed by atoms with van der Waals surface area (Å²) in [5.41, 5.74) is -0.172. The summed E-state index contributed by atoms with van der Waals surface area (Å²) < 4.78 is 5.62. The van der Waals surface area contributed by atoms with Gasteiger partial charge in [0.1, 0.15) is 0 Å². The summed E-state index contributed by atoms with van der Waals surface area (Å²) in [6.45, 7) is 9.11. The van der Waals surface area contributed by atoms with Crippen LogP contribution in [-0.4, -0.2) is 36.8 Å². The zero-order chi connectivity index (χ0) is 13.6. The third-order valence-electron chi connectivity index (χ3n) is 3.81. The summed E-state index contributed by atoms with van der Waals surface area (Å²) in [5.74, 6) is 0. The van der Waals surface area contributed by atoms with Crippen LogP contribution in [0.25, 0.3) is 0 Å². The van der Waals surface area contributed by atoms with Crippen LogP contribution in [0.4, 0.5) is 0 Å². The Hall–Kier alpha value is -0.240. The van der Waals surface area contributed by atoms with E-state index in [1.807, 2.05) is 11.8 Å². The van der Waals surface area contributed by atoms with Crippen molar-refractivity contribution < 1.29 is 4.74 Å². The second-order valence-corrected chi connectivity index (χ2v) is 7.47. The van der Waals surface area contributed by atoms with Crippen molar-refractivity contribution in [3.63, 3.8) is 0 Å². The van der Waals surface area contributed by atoms with E-state index in [-0.39, 0.29) is 10.2 Å². The predicted octanol–water partition coefficient (Wildman–Crippen LogP) is 2.82. The van der Waals surface area contributed by atoms with Crippen molar-refractivity contribution in [1.29, 1.82) is 5.26 Å². The SMILES string of the molecule is CSC(C)(C)CNC(C)CC1(C#N)CCOCC1. The summed E-state index contributed by atoms with van der Waals surface area (Å²) >= 11 is 1.87. The molecule has 0 radical (unpaired) electrons. The first-order chi connectivity index (χ1) is 8.43. The maximum Gasteiger partial charge on any atom is 0.0692 e. The van der Waals surface area contributed by atoms with Crippen LogP contribution in [0.2, 0.25) is 0 Å². The summed E-state index contributed by atoms with van der Waals surface area (Å²) in [6, 6.07) is 2.92. The Balaban J connectivity index is 2.43. The van der Waals surface area contributed by atoms with E-state index in [4.69, 9.17) is 4.74 Å². The lowest BCUT2D eigenvalue weighted by atomic mass is 9.77. The van der Waals surface area contributed by atoms with Crippen LogP contribution in [0, 0.1) is 16.7 Å². The van der Waals surface area contributed by atoms with Gasteiger partial charge in [0.15, 0.2) is 0 Å². The number of nitrogens with one attached hydrogen (secondary N) is 1. The topological polar surface area (TPSA) is 45.0 Å². The number of nitrogens with zero attached hydrogens (tertiary/aromatic N) is 1. The number of hydrogen-bond donors (Lipinski definition) is 1. The molecule has 1 unspecified atom stereocenters. The molecule has 0 aliphatic carbocycles.